The number of aliphatic hydroxyl groups is 1. The minimum Gasteiger partial charge on any atom is -0.458 e. The Balaban J connectivity index is 1.64. The van der Waals surface area contributed by atoms with Crippen molar-refractivity contribution in [3.63, 3.8) is 0 Å². The van der Waals surface area contributed by atoms with E-state index in [9.17, 15) is 62.6 Å². The summed E-state index contributed by atoms with van der Waals surface area (Å²) in [4.78, 5) is 202. The summed E-state index contributed by atoms with van der Waals surface area (Å²) in [5.41, 5.74) is 6.63. The van der Waals surface area contributed by atoms with Crippen LogP contribution in [0.5, 0.6) is 0 Å². The molecule has 2 aromatic rings. The van der Waals surface area contributed by atoms with Gasteiger partial charge in [-0.3, -0.25) is 62.3 Å². The van der Waals surface area contributed by atoms with Crippen LogP contribution in [0.1, 0.15) is 172 Å². The smallest absolute Gasteiger partial charge is 0.329 e. The Morgan fingerprint density at radius 1 is 0.600 bits per heavy atom. The standard InChI is InChI=1S/C75H116N14O16/c1-18-43(14)58(71(100)88-61-46(17)105-75(104)57(42(12)13)84-63(92)49(20-3)77-65(94)51(37-47-29-23-21-24-30-47)79-67(96)53(38(4)5)81-70(99)59(44(15)19-2)86-73(61)102)85-64(93)50(33-27-35-76)78-66(95)52-34-28-36-89(52)74(103)56(41(10)11)83-68(97)55(40(8)9)82-72(101)60(45(16)90)87-69(98)54(39(6)7)80-62(91)48-31-25-22-26-32-48/h20-26,29-32,38-46,50-61,90H,18-19,27-28,33-37,76H2,1-17H3,(H,77,94)(H,78,95)(H,79,96)(H,80,91)(H,81,99)(H,82,101)(H,83,97)(H,84,92)(H,85,93)(H,86,102)(H,87,98)(H,88,100)/b49-20-/t43-,44-,45+,46+,50-,51-,52+,53+,54+,55-,56+,57-,58+,59+,60-,61+/m0/s1. The van der Waals surface area contributed by atoms with Gasteiger partial charge in [0.05, 0.1) is 6.10 Å². The fourth-order valence-corrected chi connectivity index (χ4v) is 12.0. The summed E-state index contributed by atoms with van der Waals surface area (Å²) in [6.07, 6.45) is -0.639. The third-order valence-corrected chi connectivity index (χ3v) is 19.1. The van der Waals surface area contributed by atoms with Crippen LogP contribution in [0.15, 0.2) is 72.4 Å². The average Bonchev–Trinajstić information content (AvgIpc) is 1.81. The van der Waals surface area contributed by atoms with Crippen LogP contribution in [0.4, 0.5) is 0 Å². The molecular formula is C75H116N14O16. The van der Waals surface area contributed by atoms with E-state index in [4.69, 9.17) is 10.5 Å². The predicted molar refractivity (Wildman–Crippen MR) is 392 cm³/mol. The van der Waals surface area contributed by atoms with Gasteiger partial charge < -0.3 is 84.3 Å². The van der Waals surface area contributed by atoms with Crippen LogP contribution in [-0.4, -0.2) is 191 Å². The molecule has 30 heteroatoms. The summed E-state index contributed by atoms with van der Waals surface area (Å²) in [7, 11) is 0. The Morgan fingerprint density at radius 3 is 1.66 bits per heavy atom. The lowest BCUT2D eigenvalue weighted by atomic mass is 9.95. The van der Waals surface area contributed by atoms with Crippen LogP contribution in [-0.2, 0) is 73.5 Å². The summed E-state index contributed by atoms with van der Waals surface area (Å²) in [6, 6.07) is 0.346. The Bertz CT molecular complexity index is 3370. The number of aliphatic hydroxyl groups excluding tert-OH is 1. The Hall–Kier alpha value is -9.32. The fourth-order valence-electron chi connectivity index (χ4n) is 12.0. The van der Waals surface area contributed by atoms with Crippen LogP contribution in [0.25, 0.3) is 0 Å². The SMILES string of the molecule is C/C=C1\NC(=O)[C@H](Cc2ccccc2)NC(=O)[C@@H](C(C)C)NC(=O)[C@@H]([C@@H](C)CC)NC(=O)[C@H](NC(=O)[C@H](NC(=O)[C@H](CCCN)NC(=O)[C@H]2CCCN2C(=O)[C@H](NC(=O)[C@@H](NC(=O)[C@@H](NC(=O)[C@H](NC(=O)c2ccccc2)C(C)C)[C@@H](C)O)C(C)C)C(C)C)[C@@H](C)CC)[C@@H](C)OC(=O)[C@H](C(C)C)NC1=O. The van der Waals surface area contributed by atoms with Crippen molar-refractivity contribution < 1.29 is 77.0 Å². The number of cyclic esters (lactones) is 1. The molecule has 2 fully saturated rings. The largest absolute Gasteiger partial charge is 0.458 e. The number of amides is 13. The van der Waals surface area contributed by atoms with Crippen molar-refractivity contribution in [2.45, 2.75) is 247 Å². The molecule has 0 aromatic heterocycles. The van der Waals surface area contributed by atoms with E-state index in [0.717, 1.165) is 0 Å². The summed E-state index contributed by atoms with van der Waals surface area (Å²) < 4.78 is 5.96. The maximum absolute atomic E-state index is 15.0. The zero-order valence-corrected chi connectivity index (χ0v) is 63.9. The first kappa shape index (κ1) is 88.1. The normalized spacial score (nSPS) is 22.5. The lowest BCUT2D eigenvalue weighted by Crippen LogP contribution is -2.64. The van der Waals surface area contributed by atoms with Crippen molar-refractivity contribution >= 4 is 82.8 Å². The van der Waals surface area contributed by atoms with Gasteiger partial charge in [0, 0.05) is 18.5 Å². The van der Waals surface area contributed by atoms with E-state index in [0.29, 0.717) is 24.0 Å². The number of hydrogen-bond acceptors (Lipinski definition) is 17. The van der Waals surface area contributed by atoms with E-state index >= 15 is 9.59 Å². The first-order valence-corrected chi connectivity index (χ1v) is 36.7. The number of esters is 1. The summed E-state index contributed by atoms with van der Waals surface area (Å²) in [6.45, 7) is 27.5. The van der Waals surface area contributed by atoms with E-state index in [1.807, 2.05) is 0 Å². The molecule has 15 N–H and O–H groups in total. The van der Waals surface area contributed by atoms with Gasteiger partial charge in [0.1, 0.15) is 84.3 Å². The topological polar surface area (TPSA) is 442 Å². The molecule has 105 heavy (non-hydrogen) atoms. The number of carbonyl (C=O) groups excluding carboxylic acids is 14. The number of rotatable bonds is 30. The first-order chi connectivity index (χ1) is 49.4. The highest BCUT2D eigenvalue weighted by molar-refractivity contribution is 6.03. The predicted octanol–water partition coefficient (Wildman–Crippen LogP) is 1.32. The molecule has 13 amide bonds. The number of benzene rings is 2. The zero-order valence-electron chi connectivity index (χ0n) is 63.9. The van der Waals surface area contributed by atoms with Gasteiger partial charge in [0.25, 0.3) is 11.8 Å². The molecule has 0 spiro atoms. The molecule has 582 valence electrons. The molecule has 16 atom stereocenters. The molecule has 30 nitrogen and oxygen atoms in total. The van der Waals surface area contributed by atoms with Gasteiger partial charge in [0.2, 0.25) is 65.0 Å². The molecule has 0 aliphatic carbocycles. The van der Waals surface area contributed by atoms with Crippen molar-refractivity contribution in [2.24, 2.45) is 47.2 Å². The number of ether oxygens (including phenoxy) is 1. The molecule has 2 heterocycles. The Labute approximate surface area is 617 Å². The van der Waals surface area contributed by atoms with Gasteiger partial charge in [-0.1, -0.05) is 164 Å². The molecule has 0 saturated carbocycles. The molecule has 2 aromatic carbocycles. The monoisotopic (exact) mass is 1470 g/mol. The number of likely N-dealkylation sites (tertiary alicyclic amines) is 1. The van der Waals surface area contributed by atoms with Gasteiger partial charge in [-0.05, 0) is 112 Å². The molecule has 2 aliphatic rings. The van der Waals surface area contributed by atoms with Crippen LogP contribution < -0.4 is 69.5 Å². The second-order valence-corrected chi connectivity index (χ2v) is 29.2. The summed E-state index contributed by atoms with van der Waals surface area (Å²) in [5.74, 6) is -15.9. The van der Waals surface area contributed by atoms with Crippen LogP contribution in [0.3, 0.4) is 0 Å². The summed E-state index contributed by atoms with van der Waals surface area (Å²) in [5, 5.41) is 43.1. The van der Waals surface area contributed by atoms with Gasteiger partial charge in [-0.25, -0.2) is 4.79 Å². The molecule has 0 radical (unpaired) electrons. The molecule has 0 unspecified atom stereocenters. The van der Waals surface area contributed by atoms with E-state index in [1.165, 1.54) is 31.7 Å². The zero-order chi connectivity index (χ0) is 78.9. The lowest BCUT2D eigenvalue weighted by Gasteiger charge is -2.33. The first-order valence-electron chi connectivity index (χ1n) is 36.7. The number of allylic oxidation sites excluding steroid dienone is 1. The van der Waals surface area contributed by atoms with Gasteiger partial charge in [-0.2, -0.15) is 0 Å². The molecule has 2 aliphatic heterocycles. The molecular weight excluding hydrogens is 1350 g/mol. The van der Waals surface area contributed by atoms with Gasteiger partial charge >= 0.3 is 5.97 Å². The van der Waals surface area contributed by atoms with E-state index in [1.54, 1.807) is 158 Å². The lowest BCUT2D eigenvalue weighted by molar-refractivity contribution is -0.157. The van der Waals surface area contributed by atoms with Crippen LogP contribution >= 0.6 is 0 Å². The maximum Gasteiger partial charge on any atom is 0.329 e. The van der Waals surface area contributed by atoms with E-state index < -0.39 is 209 Å². The highest BCUT2D eigenvalue weighted by Crippen LogP contribution is 2.23. The van der Waals surface area contributed by atoms with Crippen LogP contribution in [0, 0.1) is 41.4 Å². The van der Waals surface area contributed by atoms with Crippen molar-refractivity contribution in [2.75, 3.05) is 13.1 Å². The van der Waals surface area contributed by atoms with Crippen molar-refractivity contribution in [3.8, 4) is 0 Å². The number of carbonyl (C=O) groups is 14. The minimum absolute atomic E-state index is 0.0369. The molecule has 2 saturated heterocycles. The van der Waals surface area contributed by atoms with Crippen molar-refractivity contribution in [3.05, 3.63) is 83.6 Å². The fraction of sp³-hybridized carbons (Fsp3) is 0.627. The second-order valence-electron chi connectivity index (χ2n) is 29.2. The quantitative estimate of drug-likeness (QED) is 0.0387. The summed E-state index contributed by atoms with van der Waals surface area (Å²) >= 11 is 0. The van der Waals surface area contributed by atoms with Crippen molar-refractivity contribution in [1.82, 2.24) is 68.7 Å². The second kappa shape index (κ2) is 42.0. The third-order valence-electron chi connectivity index (χ3n) is 19.1. The average molecular weight is 1470 g/mol. The Morgan fingerprint density at radius 2 is 1.12 bits per heavy atom. The maximum atomic E-state index is 15.0. The van der Waals surface area contributed by atoms with Gasteiger partial charge in [-0.15, -0.1) is 0 Å². The molecule has 0 bridgehead atoms. The number of nitrogens with zero attached hydrogens (tertiary/aromatic N) is 1. The molecule has 4 rings (SSSR count). The van der Waals surface area contributed by atoms with E-state index in [2.05, 4.69) is 63.8 Å². The number of nitrogens with two attached hydrogens (primary N) is 1. The van der Waals surface area contributed by atoms with Crippen LogP contribution in [0.2, 0.25) is 0 Å². The highest BCUT2D eigenvalue weighted by Gasteiger charge is 2.44. The Kier molecular flexibility index (Phi) is 35.2. The van der Waals surface area contributed by atoms with Gasteiger partial charge in [0.15, 0.2) is 0 Å². The minimum atomic E-state index is -1.83. The number of hydrogen-bond donors (Lipinski definition) is 14. The highest BCUT2D eigenvalue weighted by atomic mass is 16.5. The van der Waals surface area contributed by atoms with Crippen molar-refractivity contribution in [1.29, 1.82) is 0 Å². The number of nitrogens with one attached hydrogen (secondary N) is 12. The third kappa shape index (κ3) is 25.5. The van der Waals surface area contributed by atoms with E-state index in [-0.39, 0.29) is 50.9 Å².